The van der Waals surface area contributed by atoms with Gasteiger partial charge in [-0.05, 0) is 50.4 Å². The van der Waals surface area contributed by atoms with Gasteiger partial charge in [0.25, 0.3) is 15.9 Å². The lowest BCUT2D eigenvalue weighted by Gasteiger charge is -2.34. The summed E-state index contributed by atoms with van der Waals surface area (Å²) in [6.07, 6.45) is 3.62. The topological polar surface area (TPSA) is 126 Å². The maximum atomic E-state index is 12.6. The maximum Gasteiger partial charge on any atom is 0.284 e. The van der Waals surface area contributed by atoms with Crippen LogP contribution in [-0.2, 0) is 14.8 Å². The van der Waals surface area contributed by atoms with E-state index in [2.05, 4.69) is 5.32 Å². The molecule has 1 aromatic heterocycles. The fourth-order valence-electron chi connectivity index (χ4n) is 3.55. The molecule has 10 heteroatoms. The van der Waals surface area contributed by atoms with Crippen molar-refractivity contribution < 1.29 is 22.4 Å². The van der Waals surface area contributed by atoms with Gasteiger partial charge in [-0.3, -0.25) is 9.59 Å². The molecule has 0 aromatic carbocycles. The molecule has 1 aromatic rings. The Morgan fingerprint density at radius 3 is 2.41 bits per heavy atom. The minimum Gasteiger partial charge on any atom is -0.438 e. The van der Waals surface area contributed by atoms with E-state index in [9.17, 15) is 18.0 Å². The molecule has 0 spiro atoms. The molecule has 2 fully saturated rings. The van der Waals surface area contributed by atoms with Gasteiger partial charge in [0.1, 0.15) is 0 Å². The minimum atomic E-state index is -3.84. The number of furan rings is 1. The van der Waals surface area contributed by atoms with Crippen molar-refractivity contribution in [3.63, 3.8) is 0 Å². The fraction of sp³-hybridized carbons (Fsp3) is 0.647. The number of hydrogen-bond donors (Lipinski definition) is 2. The van der Waals surface area contributed by atoms with Gasteiger partial charge in [-0.1, -0.05) is 0 Å². The average Bonchev–Trinajstić information content (AvgIpc) is 3.18. The van der Waals surface area contributed by atoms with E-state index in [1.165, 1.54) is 16.4 Å². The predicted molar refractivity (Wildman–Crippen MR) is 97.4 cm³/mol. The predicted octanol–water partition coefficient (Wildman–Crippen LogP) is -0.00880. The number of amides is 2. The van der Waals surface area contributed by atoms with E-state index in [-0.39, 0.29) is 29.8 Å². The molecule has 0 radical (unpaired) electrons. The van der Waals surface area contributed by atoms with Gasteiger partial charge in [-0.15, -0.1) is 0 Å². The molecule has 0 bridgehead atoms. The van der Waals surface area contributed by atoms with Crippen LogP contribution in [0.2, 0.25) is 0 Å². The van der Waals surface area contributed by atoms with Crippen molar-refractivity contribution in [2.75, 3.05) is 39.3 Å². The highest BCUT2D eigenvalue weighted by molar-refractivity contribution is 7.89. The Hall–Kier alpha value is -1.91. The van der Waals surface area contributed by atoms with Crippen LogP contribution in [0.5, 0.6) is 0 Å². The van der Waals surface area contributed by atoms with Crippen molar-refractivity contribution >= 4 is 21.8 Å². The SMILES string of the molecule is NC(=O)c1ccc(S(=O)(=O)N2CCN(C(=O)CCC3CCNCC3)CC2)o1. The van der Waals surface area contributed by atoms with E-state index in [0.29, 0.717) is 25.4 Å². The molecular weight excluding hydrogens is 372 g/mol. The number of carbonyl (C=O) groups excluding carboxylic acids is 2. The third-order valence-corrected chi connectivity index (χ3v) is 7.01. The van der Waals surface area contributed by atoms with Crippen molar-refractivity contribution in [2.45, 2.75) is 30.8 Å². The normalized spacial score (nSPS) is 19.9. The molecule has 2 aliphatic rings. The van der Waals surface area contributed by atoms with Gasteiger partial charge in [0, 0.05) is 32.6 Å². The van der Waals surface area contributed by atoms with Gasteiger partial charge in [-0.25, -0.2) is 8.42 Å². The van der Waals surface area contributed by atoms with E-state index in [1.807, 2.05) is 0 Å². The minimum absolute atomic E-state index is 0.0830. The van der Waals surface area contributed by atoms with Gasteiger partial charge >= 0.3 is 0 Å². The summed E-state index contributed by atoms with van der Waals surface area (Å²) < 4.78 is 31.5. The lowest BCUT2D eigenvalue weighted by molar-refractivity contribution is -0.132. The number of nitrogens with one attached hydrogen (secondary N) is 1. The summed E-state index contributed by atoms with van der Waals surface area (Å²) in [5.41, 5.74) is 5.09. The number of nitrogens with zero attached hydrogens (tertiary/aromatic N) is 2. The zero-order chi connectivity index (χ0) is 19.4. The van der Waals surface area contributed by atoms with Gasteiger partial charge in [-0.2, -0.15) is 4.31 Å². The molecule has 150 valence electrons. The molecule has 2 amide bonds. The first-order valence-electron chi connectivity index (χ1n) is 9.26. The number of piperazine rings is 1. The molecule has 0 saturated carbocycles. The highest BCUT2D eigenvalue weighted by Crippen LogP contribution is 2.22. The Morgan fingerprint density at radius 2 is 1.81 bits per heavy atom. The summed E-state index contributed by atoms with van der Waals surface area (Å²) in [6.45, 7) is 3.14. The van der Waals surface area contributed by atoms with E-state index >= 15 is 0 Å². The van der Waals surface area contributed by atoms with Crippen molar-refractivity contribution in [2.24, 2.45) is 11.7 Å². The lowest BCUT2D eigenvalue weighted by Crippen LogP contribution is -2.50. The van der Waals surface area contributed by atoms with Crippen molar-refractivity contribution in [1.29, 1.82) is 0 Å². The number of nitrogens with two attached hydrogens (primary N) is 1. The highest BCUT2D eigenvalue weighted by Gasteiger charge is 2.32. The second kappa shape index (κ2) is 8.41. The zero-order valence-corrected chi connectivity index (χ0v) is 16.0. The van der Waals surface area contributed by atoms with Crippen LogP contribution in [-0.4, -0.2) is 68.7 Å². The second-order valence-electron chi connectivity index (χ2n) is 7.00. The molecule has 9 nitrogen and oxygen atoms in total. The summed E-state index contributed by atoms with van der Waals surface area (Å²) in [5.74, 6) is -0.337. The first-order valence-corrected chi connectivity index (χ1v) is 10.7. The first kappa shape index (κ1) is 19.8. The van der Waals surface area contributed by atoms with E-state index < -0.39 is 15.9 Å². The zero-order valence-electron chi connectivity index (χ0n) is 15.2. The molecule has 3 rings (SSSR count). The molecule has 27 heavy (non-hydrogen) atoms. The number of piperidine rings is 1. The first-order chi connectivity index (χ1) is 12.9. The van der Waals surface area contributed by atoms with Gasteiger partial charge in [0.05, 0.1) is 0 Å². The summed E-state index contributed by atoms with van der Waals surface area (Å²) in [6, 6.07) is 2.47. The van der Waals surface area contributed by atoms with E-state index in [0.717, 1.165) is 32.4 Å². The summed E-state index contributed by atoms with van der Waals surface area (Å²) >= 11 is 0. The quantitative estimate of drug-likeness (QED) is 0.694. The van der Waals surface area contributed by atoms with Crippen molar-refractivity contribution in [3.8, 4) is 0 Å². The highest BCUT2D eigenvalue weighted by atomic mass is 32.2. The molecule has 0 aliphatic carbocycles. The van der Waals surface area contributed by atoms with Crippen LogP contribution in [0.3, 0.4) is 0 Å². The molecule has 0 atom stereocenters. The monoisotopic (exact) mass is 398 g/mol. The van der Waals surface area contributed by atoms with Crippen LogP contribution in [0.25, 0.3) is 0 Å². The van der Waals surface area contributed by atoms with Gasteiger partial charge < -0.3 is 20.4 Å². The number of sulfonamides is 1. The number of rotatable bonds is 6. The molecule has 0 unspecified atom stereocenters. The number of primary amides is 1. The molecule has 2 saturated heterocycles. The number of carbonyl (C=O) groups is 2. The van der Waals surface area contributed by atoms with Crippen LogP contribution >= 0.6 is 0 Å². The summed E-state index contributed by atoms with van der Waals surface area (Å²) in [5, 5.41) is 3.01. The number of hydrogen-bond acceptors (Lipinski definition) is 6. The molecule has 2 aliphatic heterocycles. The summed E-state index contributed by atoms with van der Waals surface area (Å²) in [4.78, 5) is 25.2. The van der Waals surface area contributed by atoms with Crippen LogP contribution in [0.15, 0.2) is 21.6 Å². The average molecular weight is 398 g/mol. The fourth-order valence-corrected chi connectivity index (χ4v) is 4.89. The smallest absolute Gasteiger partial charge is 0.284 e. The van der Waals surface area contributed by atoms with Crippen molar-refractivity contribution in [1.82, 2.24) is 14.5 Å². The Morgan fingerprint density at radius 1 is 1.15 bits per heavy atom. The third kappa shape index (κ3) is 4.69. The van der Waals surface area contributed by atoms with Crippen molar-refractivity contribution in [3.05, 3.63) is 17.9 Å². The Balaban J connectivity index is 1.51. The summed E-state index contributed by atoms with van der Waals surface area (Å²) in [7, 11) is -3.84. The van der Waals surface area contributed by atoms with Crippen LogP contribution in [0, 0.1) is 5.92 Å². The molecule has 3 heterocycles. The molecular formula is C17H26N4O5S. The Kier molecular flexibility index (Phi) is 6.18. The lowest BCUT2D eigenvalue weighted by atomic mass is 9.93. The second-order valence-corrected chi connectivity index (χ2v) is 8.87. The molecule has 3 N–H and O–H groups in total. The largest absolute Gasteiger partial charge is 0.438 e. The van der Waals surface area contributed by atoms with Crippen LogP contribution in [0.1, 0.15) is 36.2 Å². The van der Waals surface area contributed by atoms with Crippen LogP contribution in [0.4, 0.5) is 0 Å². The van der Waals surface area contributed by atoms with Gasteiger partial charge in [0.15, 0.2) is 5.76 Å². The van der Waals surface area contributed by atoms with Gasteiger partial charge in [0.2, 0.25) is 11.0 Å². The standard InChI is InChI=1S/C17H26N4O5S/c18-17(23)14-2-4-16(26-14)27(24,25)21-11-9-20(10-12-21)15(22)3-1-13-5-7-19-8-6-13/h2,4,13,19H,1,3,5-12H2,(H2,18,23). The van der Waals surface area contributed by atoms with Crippen LogP contribution < -0.4 is 11.1 Å². The van der Waals surface area contributed by atoms with E-state index in [1.54, 1.807) is 4.90 Å². The Labute approximate surface area is 158 Å². The van der Waals surface area contributed by atoms with E-state index in [4.69, 9.17) is 10.2 Å². The Bertz CT molecular complexity index is 777. The third-order valence-electron chi connectivity index (χ3n) is 5.23. The maximum absolute atomic E-state index is 12.6.